The average molecular weight is 326 g/mol. The lowest BCUT2D eigenvalue weighted by molar-refractivity contribution is 0.247. The summed E-state index contributed by atoms with van der Waals surface area (Å²) in [6.45, 7) is 7.23. The summed E-state index contributed by atoms with van der Waals surface area (Å²) in [6.07, 6.45) is 0.881. The summed E-state index contributed by atoms with van der Waals surface area (Å²) in [5.41, 5.74) is 3.15. The maximum absolute atomic E-state index is 12.0. The zero-order valence-electron chi connectivity index (χ0n) is 14.6. The van der Waals surface area contributed by atoms with Crippen molar-refractivity contribution in [2.24, 2.45) is 0 Å². The van der Waals surface area contributed by atoms with E-state index in [0.29, 0.717) is 19.1 Å². The van der Waals surface area contributed by atoms with Crippen LogP contribution in [0.2, 0.25) is 0 Å². The van der Waals surface area contributed by atoms with Crippen LogP contribution in [0.4, 0.5) is 10.5 Å². The molecule has 2 aromatic rings. The zero-order chi connectivity index (χ0) is 17.4. The molecule has 0 unspecified atom stereocenters. The highest BCUT2D eigenvalue weighted by Crippen LogP contribution is 2.25. The molecule has 0 bridgehead atoms. The van der Waals surface area contributed by atoms with Crippen molar-refractivity contribution in [3.8, 4) is 5.75 Å². The Morgan fingerprint density at radius 3 is 2.54 bits per heavy atom. The summed E-state index contributed by atoms with van der Waals surface area (Å²) in [5, 5.41) is 5.71. The number of benzene rings is 2. The van der Waals surface area contributed by atoms with Gasteiger partial charge in [-0.1, -0.05) is 57.2 Å². The number of hydrogen-bond acceptors (Lipinski definition) is 2. The molecule has 0 saturated heterocycles. The highest BCUT2D eigenvalue weighted by atomic mass is 16.5. The molecule has 0 aliphatic heterocycles. The molecular weight excluding hydrogens is 300 g/mol. The molecule has 0 aliphatic rings. The summed E-state index contributed by atoms with van der Waals surface area (Å²) < 4.78 is 5.80. The molecule has 0 atom stereocenters. The van der Waals surface area contributed by atoms with E-state index in [1.54, 1.807) is 0 Å². The first-order valence-corrected chi connectivity index (χ1v) is 8.46. The van der Waals surface area contributed by atoms with Crippen LogP contribution in [0.25, 0.3) is 0 Å². The molecule has 0 saturated carbocycles. The average Bonchev–Trinajstić information content (AvgIpc) is 2.59. The molecule has 2 N–H and O–H groups in total. The quantitative estimate of drug-likeness (QED) is 0.732. The van der Waals surface area contributed by atoms with Crippen molar-refractivity contribution in [3.63, 3.8) is 0 Å². The van der Waals surface area contributed by atoms with Crippen LogP contribution in [0.5, 0.6) is 5.75 Å². The largest absolute Gasteiger partial charge is 0.491 e. The number of aryl methyl sites for hydroxylation is 1. The molecule has 0 heterocycles. The number of carbonyl (C=O) groups excluding carboxylic acids is 1. The van der Waals surface area contributed by atoms with E-state index in [1.807, 2.05) is 42.5 Å². The van der Waals surface area contributed by atoms with Crippen molar-refractivity contribution in [2.45, 2.75) is 33.1 Å². The zero-order valence-corrected chi connectivity index (χ0v) is 14.6. The van der Waals surface area contributed by atoms with Gasteiger partial charge in [0.05, 0.1) is 6.54 Å². The summed E-state index contributed by atoms with van der Waals surface area (Å²) in [7, 11) is 0. The maximum Gasteiger partial charge on any atom is 0.319 e. The molecule has 128 valence electrons. The third-order valence-electron chi connectivity index (χ3n) is 3.83. The first kappa shape index (κ1) is 17.9. The van der Waals surface area contributed by atoms with E-state index < -0.39 is 0 Å². The summed E-state index contributed by atoms with van der Waals surface area (Å²) in [4.78, 5) is 12.0. The number of anilines is 1. The minimum atomic E-state index is -0.211. The molecule has 0 spiro atoms. The second-order valence-corrected chi connectivity index (χ2v) is 5.93. The van der Waals surface area contributed by atoms with Gasteiger partial charge in [0.25, 0.3) is 0 Å². The smallest absolute Gasteiger partial charge is 0.319 e. The molecule has 2 rings (SSSR count). The predicted molar refractivity (Wildman–Crippen MR) is 98.9 cm³/mol. The Hall–Kier alpha value is -2.49. The van der Waals surface area contributed by atoms with Crippen LogP contribution in [-0.2, 0) is 6.42 Å². The van der Waals surface area contributed by atoms with Gasteiger partial charge >= 0.3 is 6.03 Å². The number of nitrogens with one attached hydrogen (secondary N) is 2. The fourth-order valence-electron chi connectivity index (χ4n) is 2.53. The van der Waals surface area contributed by atoms with Crippen molar-refractivity contribution in [1.29, 1.82) is 0 Å². The highest BCUT2D eigenvalue weighted by molar-refractivity contribution is 5.90. The Bertz CT molecular complexity index is 668. The van der Waals surface area contributed by atoms with Crippen molar-refractivity contribution in [3.05, 3.63) is 59.7 Å². The molecule has 2 aromatic carbocycles. The molecule has 24 heavy (non-hydrogen) atoms. The Morgan fingerprint density at radius 2 is 1.79 bits per heavy atom. The summed E-state index contributed by atoms with van der Waals surface area (Å²) >= 11 is 0. The molecule has 4 heteroatoms. The molecule has 0 fully saturated rings. The standard InChI is InChI=1S/C20H26N2O2/c1-4-16-9-5-7-11-18(16)22-20(23)21-13-14-24-19-12-8-6-10-17(19)15(2)3/h5-12,15H,4,13-14H2,1-3H3,(H2,21,22,23). The van der Waals surface area contributed by atoms with Gasteiger partial charge in [0.1, 0.15) is 12.4 Å². The van der Waals surface area contributed by atoms with E-state index in [2.05, 4.69) is 37.5 Å². The van der Waals surface area contributed by atoms with Crippen molar-refractivity contribution >= 4 is 11.7 Å². The Balaban J connectivity index is 1.79. The van der Waals surface area contributed by atoms with E-state index >= 15 is 0 Å². The number of carbonyl (C=O) groups is 1. The van der Waals surface area contributed by atoms with Crippen LogP contribution >= 0.6 is 0 Å². The van der Waals surface area contributed by atoms with Crippen LogP contribution in [0.1, 0.15) is 37.8 Å². The summed E-state index contributed by atoms with van der Waals surface area (Å²) in [6, 6.07) is 15.6. The second kappa shape index (κ2) is 8.96. The minimum Gasteiger partial charge on any atom is -0.491 e. The Labute approximate surface area is 144 Å². The van der Waals surface area contributed by atoms with Crippen LogP contribution in [0.15, 0.2) is 48.5 Å². The van der Waals surface area contributed by atoms with Crippen LogP contribution in [-0.4, -0.2) is 19.2 Å². The summed E-state index contributed by atoms with van der Waals surface area (Å²) in [5.74, 6) is 1.29. The first-order chi connectivity index (χ1) is 11.6. The van der Waals surface area contributed by atoms with E-state index in [4.69, 9.17) is 4.74 Å². The lowest BCUT2D eigenvalue weighted by atomic mass is 10.0. The minimum absolute atomic E-state index is 0.211. The number of hydrogen-bond donors (Lipinski definition) is 2. The lowest BCUT2D eigenvalue weighted by Gasteiger charge is -2.14. The SMILES string of the molecule is CCc1ccccc1NC(=O)NCCOc1ccccc1C(C)C. The van der Waals surface area contributed by atoms with E-state index in [-0.39, 0.29) is 6.03 Å². The van der Waals surface area contributed by atoms with Gasteiger partial charge in [-0.2, -0.15) is 0 Å². The Kier molecular flexibility index (Phi) is 6.67. The predicted octanol–water partition coefficient (Wildman–Crippen LogP) is 4.57. The number of urea groups is 1. The van der Waals surface area contributed by atoms with Crippen molar-refractivity contribution < 1.29 is 9.53 Å². The molecule has 2 amide bonds. The van der Waals surface area contributed by atoms with Gasteiger partial charge < -0.3 is 15.4 Å². The normalized spacial score (nSPS) is 10.5. The molecule has 0 aromatic heterocycles. The van der Waals surface area contributed by atoms with E-state index in [9.17, 15) is 4.79 Å². The van der Waals surface area contributed by atoms with Gasteiger partial charge in [0, 0.05) is 5.69 Å². The molecule has 0 radical (unpaired) electrons. The van der Waals surface area contributed by atoms with Crippen molar-refractivity contribution in [2.75, 3.05) is 18.5 Å². The van der Waals surface area contributed by atoms with Crippen LogP contribution in [0.3, 0.4) is 0 Å². The molecular formula is C20H26N2O2. The fraction of sp³-hybridized carbons (Fsp3) is 0.350. The van der Waals surface area contributed by atoms with E-state index in [1.165, 1.54) is 5.56 Å². The van der Waals surface area contributed by atoms with Gasteiger partial charge in [-0.25, -0.2) is 4.79 Å². The topological polar surface area (TPSA) is 50.4 Å². The van der Waals surface area contributed by atoms with Gasteiger partial charge in [-0.3, -0.25) is 0 Å². The second-order valence-electron chi connectivity index (χ2n) is 5.93. The van der Waals surface area contributed by atoms with Crippen molar-refractivity contribution in [1.82, 2.24) is 5.32 Å². The lowest BCUT2D eigenvalue weighted by Crippen LogP contribution is -2.32. The maximum atomic E-state index is 12.0. The van der Waals surface area contributed by atoms with Gasteiger partial charge in [-0.05, 0) is 35.6 Å². The van der Waals surface area contributed by atoms with Gasteiger partial charge in [-0.15, -0.1) is 0 Å². The molecule has 0 aliphatic carbocycles. The third-order valence-corrected chi connectivity index (χ3v) is 3.83. The Morgan fingerprint density at radius 1 is 1.08 bits per heavy atom. The molecule has 4 nitrogen and oxygen atoms in total. The monoisotopic (exact) mass is 326 g/mol. The number of amides is 2. The fourth-order valence-corrected chi connectivity index (χ4v) is 2.53. The number of ether oxygens (including phenoxy) is 1. The van der Waals surface area contributed by atoms with Crippen LogP contribution < -0.4 is 15.4 Å². The number of rotatable bonds is 7. The first-order valence-electron chi connectivity index (χ1n) is 8.46. The number of para-hydroxylation sites is 2. The third kappa shape index (κ3) is 5.01. The highest BCUT2D eigenvalue weighted by Gasteiger charge is 2.07. The van der Waals surface area contributed by atoms with Gasteiger partial charge in [0.15, 0.2) is 0 Å². The van der Waals surface area contributed by atoms with Gasteiger partial charge in [0.2, 0.25) is 0 Å². The van der Waals surface area contributed by atoms with Crippen LogP contribution in [0, 0.1) is 0 Å². The van der Waals surface area contributed by atoms with E-state index in [0.717, 1.165) is 23.4 Å².